The molecule has 0 aromatic rings. The highest BCUT2D eigenvalue weighted by Crippen LogP contribution is 1.69. The number of nitrogens with one attached hydrogen (secondary N) is 3. The summed E-state index contributed by atoms with van der Waals surface area (Å²) in [4.78, 5) is 2.19. The molecule has 0 saturated carbocycles. The van der Waals surface area contributed by atoms with Crippen LogP contribution in [0.3, 0.4) is 0 Å². The second-order valence-corrected chi connectivity index (χ2v) is 3.66. The molecule has 0 unspecified atom stereocenters. The van der Waals surface area contributed by atoms with Gasteiger partial charge in [0, 0.05) is 39.3 Å². The molecule has 0 bridgehead atoms. The van der Waals surface area contributed by atoms with Crippen LogP contribution in [0.2, 0.25) is 0 Å². The van der Waals surface area contributed by atoms with Crippen LogP contribution < -0.4 is 16.0 Å². The molecule has 0 aliphatic heterocycles. The van der Waals surface area contributed by atoms with Gasteiger partial charge in [0.05, 0.1) is 0 Å². The summed E-state index contributed by atoms with van der Waals surface area (Å²) in [6, 6.07) is 0. The minimum atomic E-state index is 1.05. The van der Waals surface area contributed by atoms with Gasteiger partial charge < -0.3 is 20.9 Å². The predicted molar refractivity (Wildman–Crippen MR) is 62.8 cm³/mol. The number of hydrogen-bond acceptors (Lipinski definition) is 4. The van der Waals surface area contributed by atoms with Crippen molar-refractivity contribution in [2.75, 3.05) is 59.9 Å². The van der Waals surface area contributed by atoms with E-state index in [4.69, 9.17) is 0 Å². The first-order chi connectivity index (χ1) is 6.77. The monoisotopic (exact) mass is 202 g/mol. The lowest BCUT2D eigenvalue weighted by Crippen LogP contribution is -2.34. The Morgan fingerprint density at radius 1 is 0.786 bits per heavy atom. The van der Waals surface area contributed by atoms with E-state index in [9.17, 15) is 0 Å². The van der Waals surface area contributed by atoms with Crippen molar-refractivity contribution in [3.8, 4) is 0 Å². The van der Waals surface area contributed by atoms with Gasteiger partial charge in [0.1, 0.15) is 0 Å². The lowest BCUT2D eigenvalue weighted by Gasteiger charge is -2.10. The third-order valence-electron chi connectivity index (χ3n) is 1.94. The van der Waals surface area contributed by atoms with E-state index >= 15 is 0 Å². The van der Waals surface area contributed by atoms with E-state index in [0.717, 1.165) is 45.8 Å². The minimum absolute atomic E-state index is 1.05. The van der Waals surface area contributed by atoms with E-state index in [1.165, 1.54) is 0 Å². The molecule has 0 amide bonds. The molecule has 0 aliphatic rings. The maximum absolute atomic E-state index is 3.38. The van der Waals surface area contributed by atoms with Gasteiger partial charge in [0.25, 0.3) is 0 Å². The highest BCUT2D eigenvalue weighted by molar-refractivity contribution is 4.55. The van der Waals surface area contributed by atoms with Gasteiger partial charge in [-0.1, -0.05) is 6.92 Å². The minimum Gasteiger partial charge on any atom is -0.316 e. The highest BCUT2D eigenvalue weighted by atomic mass is 15.1. The number of rotatable bonds is 10. The summed E-state index contributed by atoms with van der Waals surface area (Å²) in [5.41, 5.74) is 0. The Balaban J connectivity index is 2.85. The van der Waals surface area contributed by atoms with Crippen molar-refractivity contribution in [3.05, 3.63) is 0 Å². The molecular weight excluding hydrogens is 176 g/mol. The molecule has 0 rings (SSSR count). The van der Waals surface area contributed by atoms with Crippen LogP contribution in [0.25, 0.3) is 0 Å². The number of likely N-dealkylation sites (N-methyl/N-ethyl adjacent to an activating group) is 2. The van der Waals surface area contributed by atoms with Gasteiger partial charge in [0.15, 0.2) is 0 Å². The van der Waals surface area contributed by atoms with E-state index < -0.39 is 0 Å². The van der Waals surface area contributed by atoms with Crippen molar-refractivity contribution in [2.45, 2.75) is 6.92 Å². The number of hydrogen-bond donors (Lipinski definition) is 3. The maximum atomic E-state index is 3.38. The molecule has 0 aromatic heterocycles. The summed E-state index contributed by atoms with van der Waals surface area (Å²) < 4.78 is 0. The molecule has 0 saturated heterocycles. The standard InChI is InChI=1S/C10H26N4/c1-4-11-5-6-12-7-8-13-9-10-14(2)3/h11-13H,4-10H2,1-3H3. The van der Waals surface area contributed by atoms with E-state index in [1.54, 1.807) is 0 Å². The van der Waals surface area contributed by atoms with Crippen molar-refractivity contribution in [3.63, 3.8) is 0 Å². The maximum Gasteiger partial charge on any atom is 0.0101 e. The normalized spacial score (nSPS) is 11.1. The lowest BCUT2D eigenvalue weighted by atomic mass is 10.5. The Labute approximate surface area is 88.4 Å². The van der Waals surface area contributed by atoms with Crippen LogP contribution in [0.1, 0.15) is 6.92 Å². The van der Waals surface area contributed by atoms with Crippen LogP contribution in [0.4, 0.5) is 0 Å². The van der Waals surface area contributed by atoms with Gasteiger partial charge in [-0.15, -0.1) is 0 Å². The average molecular weight is 202 g/mol. The molecule has 0 fully saturated rings. The van der Waals surface area contributed by atoms with Gasteiger partial charge in [-0.05, 0) is 20.6 Å². The first kappa shape index (κ1) is 13.8. The fourth-order valence-corrected chi connectivity index (χ4v) is 1.08. The third kappa shape index (κ3) is 11.8. The quantitative estimate of drug-likeness (QED) is 0.411. The Morgan fingerprint density at radius 2 is 1.29 bits per heavy atom. The van der Waals surface area contributed by atoms with E-state index in [0.29, 0.717) is 0 Å². The SMILES string of the molecule is CCNCCNCCNCCN(C)C. The topological polar surface area (TPSA) is 39.3 Å². The van der Waals surface area contributed by atoms with Crippen LogP contribution in [0.5, 0.6) is 0 Å². The molecule has 0 atom stereocenters. The summed E-state index contributed by atoms with van der Waals surface area (Å²) in [7, 11) is 4.19. The highest BCUT2D eigenvalue weighted by Gasteiger charge is 1.89. The zero-order chi connectivity index (χ0) is 10.6. The third-order valence-corrected chi connectivity index (χ3v) is 1.94. The average Bonchev–Trinajstić information content (AvgIpc) is 2.15. The van der Waals surface area contributed by atoms with E-state index in [1.807, 2.05) is 0 Å². The molecule has 14 heavy (non-hydrogen) atoms. The molecule has 4 heteroatoms. The second kappa shape index (κ2) is 10.9. The molecule has 0 aliphatic carbocycles. The molecule has 86 valence electrons. The molecule has 0 spiro atoms. The summed E-state index contributed by atoms with van der Waals surface area (Å²) in [6.07, 6.45) is 0. The van der Waals surface area contributed by atoms with Crippen LogP contribution in [0.15, 0.2) is 0 Å². The summed E-state index contributed by atoms with van der Waals surface area (Å²) in [5.74, 6) is 0. The summed E-state index contributed by atoms with van der Waals surface area (Å²) in [5, 5.41) is 10.0. The van der Waals surface area contributed by atoms with Gasteiger partial charge in [-0.3, -0.25) is 0 Å². The molecule has 0 heterocycles. The summed E-state index contributed by atoms with van der Waals surface area (Å²) in [6.45, 7) is 9.60. The fourth-order valence-electron chi connectivity index (χ4n) is 1.08. The van der Waals surface area contributed by atoms with Crippen molar-refractivity contribution in [1.29, 1.82) is 0 Å². The van der Waals surface area contributed by atoms with E-state index in [-0.39, 0.29) is 0 Å². The van der Waals surface area contributed by atoms with Gasteiger partial charge in [-0.2, -0.15) is 0 Å². The molecule has 0 aromatic carbocycles. The van der Waals surface area contributed by atoms with Crippen molar-refractivity contribution >= 4 is 0 Å². The number of nitrogens with zero attached hydrogens (tertiary/aromatic N) is 1. The van der Waals surface area contributed by atoms with Gasteiger partial charge in [-0.25, -0.2) is 0 Å². The fraction of sp³-hybridized carbons (Fsp3) is 1.00. The van der Waals surface area contributed by atoms with Crippen LogP contribution >= 0.6 is 0 Å². The van der Waals surface area contributed by atoms with Crippen molar-refractivity contribution in [2.24, 2.45) is 0 Å². The van der Waals surface area contributed by atoms with Crippen molar-refractivity contribution < 1.29 is 0 Å². The Bertz CT molecular complexity index is 106. The van der Waals surface area contributed by atoms with Gasteiger partial charge in [0.2, 0.25) is 0 Å². The Morgan fingerprint density at radius 3 is 1.79 bits per heavy atom. The predicted octanol–water partition coefficient (Wildman–Crippen LogP) is -0.663. The first-order valence-corrected chi connectivity index (χ1v) is 5.54. The Hall–Kier alpha value is -0.160. The second-order valence-electron chi connectivity index (χ2n) is 3.66. The van der Waals surface area contributed by atoms with Gasteiger partial charge >= 0.3 is 0 Å². The van der Waals surface area contributed by atoms with Crippen LogP contribution in [-0.4, -0.2) is 64.8 Å². The molecule has 4 nitrogen and oxygen atoms in total. The smallest absolute Gasteiger partial charge is 0.0101 e. The van der Waals surface area contributed by atoms with E-state index in [2.05, 4.69) is 41.9 Å². The lowest BCUT2D eigenvalue weighted by molar-refractivity contribution is 0.399. The van der Waals surface area contributed by atoms with Crippen molar-refractivity contribution in [1.82, 2.24) is 20.9 Å². The van der Waals surface area contributed by atoms with Crippen LogP contribution in [0, 0.1) is 0 Å². The molecule has 3 N–H and O–H groups in total. The Kier molecular flexibility index (Phi) is 10.8. The van der Waals surface area contributed by atoms with Crippen LogP contribution in [-0.2, 0) is 0 Å². The zero-order valence-corrected chi connectivity index (χ0v) is 9.90. The zero-order valence-electron chi connectivity index (χ0n) is 9.90. The molecular formula is C10H26N4. The molecule has 0 radical (unpaired) electrons. The first-order valence-electron chi connectivity index (χ1n) is 5.54. The summed E-state index contributed by atoms with van der Waals surface area (Å²) >= 11 is 0. The largest absolute Gasteiger partial charge is 0.316 e.